The number of hydrogen-bond acceptors (Lipinski definition) is 5. The molecule has 2 aromatic carbocycles. The minimum atomic E-state index is -3.64. The molecule has 0 fully saturated rings. The summed E-state index contributed by atoms with van der Waals surface area (Å²) >= 11 is 0. The predicted molar refractivity (Wildman–Crippen MR) is 113 cm³/mol. The van der Waals surface area contributed by atoms with Crippen LogP contribution in [-0.2, 0) is 26.1 Å². The summed E-state index contributed by atoms with van der Waals surface area (Å²) in [6.45, 7) is 3.36. The van der Waals surface area contributed by atoms with Gasteiger partial charge in [-0.1, -0.05) is 18.2 Å². The number of hydrogen-bond donors (Lipinski definition) is 1. The Labute approximate surface area is 176 Å². The molecule has 1 amide bonds. The highest BCUT2D eigenvalue weighted by atomic mass is 32.2. The third-order valence-corrected chi connectivity index (χ3v) is 5.30. The molecule has 0 unspecified atom stereocenters. The zero-order valence-corrected chi connectivity index (χ0v) is 18.0. The number of benzene rings is 2. The number of sulfonamides is 1. The first-order valence-corrected chi connectivity index (χ1v) is 11.4. The van der Waals surface area contributed by atoms with E-state index in [1.54, 1.807) is 36.4 Å². The normalized spacial score (nSPS) is 11.2. The van der Waals surface area contributed by atoms with Crippen LogP contribution in [0.3, 0.4) is 0 Å². The zero-order valence-electron chi connectivity index (χ0n) is 17.1. The number of amides is 1. The summed E-state index contributed by atoms with van der Waals surface area (Å²) in [6, 6.07) is 12.3. The van der Waals surface area contributed by atoms with Crippen LogP contribution in [0.25, 0.3) is 0 Å². The molecule has 0 bridgehead atoms. The van der Waals surface area contributed by atoms with Gasteiger partial charge in [0.1, 0.15) is 11.6 Å². The molecule has 0 spiro atoms. The monoisotopic (exact) mass is 438 g/mol. The van der Waals surface area contributed by atoms with Gasteiger partial charge in [-0.05, 0) is 43.7 Å². The third kappa shape index (κ3) is 7.64. The van der Waals surface area contributed by atoms with E-state index in [1.165, 1.54) is 12.1 Å². The first kappa shape index (κ1) is 23.6. The quantitative estimate of drug-likeness (QED) is 0.515. The number of nitrogens with one attached hydrogen (secondary N) is 1. The lowest BCUT2D eigenvalue weighted by Crippen LogP contribution is -2.30. The minimum absolute atomic E-state index is 0.129. The van der Waals surface area contributed by atoms with Gasteiger partial charge in [-0.25, -0.2) is 12.8 Å². The van der Waals surface area contributed by atoms with E-state index in [0.717, 1.165) is 17.0 Å². The van der Waals surface area contributed by atoms with Crippen LogP contribution in [0.15, 0.2) is 48.5 Å². The molecule has 0 saturated carbocycles. The molecular formula is C21H27FN2O5S. The van der Waals surface area contributed by atoms with Gasteiger partial charge in [0.05, 0.1) is 18.5 Å². The van der Waals surface area contributed by atoms with Crippen LogP contribution in [0.4, 0.5) is 10.1 Å². The van der Waals surface area contributed by atoms with E-state index in [1.807, 2.05) is 6.92 Å². The Morgan fingerprint density at radius 2 is 1.83 bits per heavy atom. The number of ether oxygens (including phenoxy) is 2. The van der Waals surface area contributed by atoms with E-state index in [2.05, 4.69) is 5.32 Å². The lowest BCUT2D eigenvalue weighted by molar-refractivity contribution is -0.123. The molecular weight excluding hydrogens is 411 g/mol. The number of carbonyl (C=O) groups is 1. The molecule has 0 aliphatic heterocycles. The van der Waals surface area contributed by atoms with Crippen molar-refractivity contribution in [3.05, 3.63) is 59.9 Å². The highest BCUT2D eigenvalue weighted by Crippen LogP contribution is 2.24. The summed E-state index contributed by atoms with van der Waals surface area (Å²) in [5.74, 6) is -0.311. The fraction of sp³-hybridized carbons (Fsp3) is 0.381. The fourth-order valence-corrected chi connectivity index (χ4v) is 3.51. The van der Waals surface area contributed by atoms with E-state index in [9.17, 15) is 17.6 Å². The number of anilines is 1. The maximum absolute atomic E-state index is 14.0. The molecule has 2 aromatic rings. The Morgan fingerprint density at radius 1 is 1.13 bits per heavy atom. The molecule has 0 aliphatic carbocycles. The summed E-state index contributed by atoms with van der Waals surface area (Å²) in [6.07, 6.45) is 1.78. The molecule has 164 valence electrons. The average molecular weight is 439 g/mol. The Kier molecular flexibility index (Phi) is 9.07. The van der Waals surface area contributed by atoms with Crippen molar-refractivity contribution in [3.8, 4) is 5.75 Å². The lowest BCUT2D eigenvalue weighted by Gasteiger charge is -2.23. The highest BCUT2D eigenvalue weighted by Gasteiger charge is 2.19. The lowest BCUT2D eigenvalue weighted by atomic mass is 10.2. The van der Waals surface area contributed by atoms with Crippen LogP contribution in [0, 0.1) is 5.82 Å². The van der Waals surface area contributed by atoms with Crippen LogP contribution in [-0.4, -0.2) is 46.9 Å². The van der Waals surface area contributed by atoms with Crippen LogP contribution >= 0.6 is 0 Å². The van der Waals surface area contributed by atoms with E-state index >= 15 is 0 Å². The summed E-state index contributed by atoms with van der Waals surface area (Å²) in [5, 5.41) is 2.73. The maximum atomic E-state index is 14.0. The van der Waals surface area contributed by atoms with Crippen LogP contribution in [0.1, 0.15) is 18.9 Å². The topological polar surface area (TPSA) is 84.9 Å². The number of carbonyl (C=O) groups excluding carboxylic acids is 1. The van der Waals surface area contributed by atoms with Crippen molar-refractivity contribution in [2.45, 2.75) is 19.9 Å². The molecule has 1 N–H and O–H groups in total. The van der Waals surface area contributed by atoms with Crippen LogP contribution in [0.5, 0.6) is 5.75 Å². The molecule has 0 saturated heterocycles. The molecule has 0 atom stereocenters. The van der Waals surface area contributed by atoms with Gasteiger partial charge in [0, 0.05) is 25.3 Å². The maximum Gasteiger partial charge on any atom is 0.257 e. The number of nitrogens with zero attached hydrogens (tertiary/aromatic N) is 1. The van der Waals surface area contributed by atoms with Gasteiger partial charge in [-0.2, -0.15) is 0 Å². The average Bonchev–Trinajstić information content (AvgIpc) is 2.71. The van der Waals surface area contributed by atoms with Gasteiger partial charge in [0.15, 0.2) is 6.61 Å². The van der Waals surface area contributed by atoms with Gasteiger partial charge in [0.25, 0.3) is 5.91 Å². The summed E-state index contributed by atoms with van der Waals surface area (Å²) < 4.78 is 50.1. The molecule has 0 aliphatic rings. The number of halogens is 1. The third-order valence-electron chi connectivity index (χ3n) is 4.16. The molecule has 0 aromatic heterocycles. The number of rotatable bonds is 12. The Hall–Kier alpha value is -2.65. The van der Waals surface area contributed by atoms with Crippen LogP contribution in [0.2, 0.25) is 0 Å². The summed E-state index contributed by atoms with van der Waals surface area (Å²) in [5.41, 5.74) is 0.637. The SMILES string of the molecule is CCOCCCNC(=O)COc1ccc(N(Cc2ccccc2F)S(C)(=O)=O)cc1. The minimum Gasteiger partial charge on any atom is -0.484 e. The van der Waals surface area contributed by atoms with Gasteiger partial charge in [-0.3, -0.25) is 9.10 Å². The second kappa shape index (κ2) is 11.5. The van der Waals surface area contributed by atoms with E-state index < -0.39 is 15.8 Å². The van der Waals surface area contributed by atoms with Crippen molar-refractivity contribution < 1.29 is 27.1 Å². The first-order chi connectivity index (χ1) is 14.3. The van der Waals surface area contributed by atoms with Crippen molar-refractivity contribution in [2.75, 3.05) is 36.9 Å². The smallest absolute Gasteiger partial charge is 0.257 e. The van der Waals surface area contributed by atoms with Crippen LogP contribution < -0.4 is 14.4 Å². The highest BCUT2D eigenvalue weighted by molar-refractivity contribution is 7.92. The summed E-state index contributed by atoms with van der Waals surface area (Å²) in [7, 11) is -3.64. The van der Waals surface area contributed by atoms with Crippen molar-refractivity contribution >= 4 is 21.6 Å². The molecule has 9 heteroatoms. The van der Waals surface area contributed by atoms with Crippen molar-refractivity contribution in [1.82, 2.24) is 5.32 Å². The van der Waals surface area contributed by atoms with E-state index in [4.69, 9.17) is 9.47 Å². The zero-order chi connectivity index (χ0) is 22.0. The second-order valence-corrected chi connectivity index (χ2v) is 8.45. The standard InChI is InChI=1S/C21H27FN2O5S/c1-3-28-14-6-13-23-21(25)16-29-19-11-9-18(10-12-19)24(30(2,26)27)15-17-7-4-5-8-20(17)22/h4-5,7-12H,3,6,13-16H2,1-2H3,(H,23,25). The Balaban J connectivity index is 1.95. The van der Waals surface area contributed by atoms with Crippen molar-refractivity contribution in [3.63, 3.8) is 0 Å². The second-order valence-electron chi connectivity index (χ2n) is 6.54. The van der Waals surface area contributed by atoms with E-state index in [0.29, 0.717) is 31.2 Å². The molecule has 0 radical (unpaired) electrons. The molecule has 2 rings (SSSR count). The predicted octanol–water partition coefficient (Wildman–Crippen LogP) is 2.71. The van der Waals surface area contributed by atoms with E-state index in [-0.39, 0.29) is 24.6 Å². The fourth-order valence-electron chi connectivity index (χ4n) is 2.64. The Morgan fingerprint density at radius 3 is 2.47 bits per heavy atom. The molecule has 30 heavy (non-hydrogen) atoms. The van der Waals surface area contributed by atoms with Crippen molar-refractivity contribution in [2.24, 2.45) is 0 Å². The van der Waals surface area contributed by atoms with Gasteiger partial charge in [-0.15, -0.1) is 0 Å². The van der Waals surface area contributed by atoms with Gasteiger partial charge < -0.3 is 14.8 Å². The van der Waals surface area contributed by atoms with Crippen molar-refractivity contribution in [1.29, 1.82) is 0 Å². The molecule has 0 heterocycles. The largest absolute Gasteiger partial charge is 0.484 e. The summed E-state index contributed by atoms with van der Waals surface area (Å²) in [4.78, 5) is 11.8. The molecule has 7 nitrogen and oxygen atoms in total. The van der Waals surface area contributed by atoms with Gasteiger partial charge >= 0.3 is 0 Å². The van der Waals surface area contributed by atoms with Gasteiger partial charge in [0.2, 0.25) is 10.0 Å². The Bertz CT molecular complexity index is 919. The first-order valence-electron chi connectivity index (χ1n) is 9.59.